The number of carboxylic acids is 1. The van der Waals surface area contributed by atoms with Gasteiger partial charge in [0.25, 0.3) is 0 Å². The highest BCUT2D eigenvalue weighted by Gasteiger charge is 2.48. The zero-order valence-electron chi connectivity index (χ0n) is 15.6. The number of carboxylic acid groups (broad SMARTS) is 1. The van der Waals surface area contributed by atoms with Gasteiger partial charge in [0.15, 0.2) is 6.10 Å². The predicted molar refractivity (Wildman–Crippen MR) is 96.2 cm³/mol. The highest BCUT2D eigenvalue weighted by atomic mass is 32.2. The quantitative estimate of drug-likeness (QED) is 0.342. The number of hydrogen-bond acceptors (Lipinski definition) is 9. The molecule has 12 heteroatoms. The molecule has 2 amide bonds. The molecule has 5 N–H and O–H groups in total. The lowest BCUT2D eigenvalue weighted by Gasteiger charge is -2.38. The second-order valence-corrected chi connectivity index (χ2v) is 7.86. The predicted octanol–water partition coefficient (Wildman–Crippen LogP) is -1.45. The normalized spacial score (nSPS) is 32.5. The van der Waals surface area contributed by atoms with Gasteiger partial charge in [0.05, 0.1) is 5.88 Å². The van der Waals surface area contributed by atoms with Crippen LogP contribution in [0.3, 0.4) is 0 Å². The molecule has 2 aliphatic rings. The number of carbonyl (C=O) groups excluding carboxylic acids is 2. The number of nitrogens with one attached hydrogen (secondary N) is 1. The number of aliphatic carboxylic acids is 1. The van der Waals surface area contributed by atoms with Crippen LogP contribution in [0.25, 0.3) is 0 Å². The fraction of sp³-hybridized carbons (Fsp3) is 0.812. The molecule has 0 radical (unpaired) electrons. The maximum atomic E-state index is 12.7. The second-order valence-electron chi connectivity index (χ2n) is 6.79. The van der Waals surface area contributed by atoms with Crippen LogP contribution in [0, 0.1) is 5.92 Å². The zero-order chi connectivity index (χ0) is 21.0. The molecular formula is C16H26N2O9S. The number of aliphatic hydroxyl groups excluding tert-OH is 3. The standard InChI is InChI=1S/C16H26N2O9S/c1-3-7(2)8(13(22)18-4-5-28-6-18)17-16(25)27-15-11(21)9(19)10(20)12(26-15)14(23)24/h7-12,15,19-21H,3-6H2,1-2H3,(H,17,25)(H,23,24)/t7-,8-,9+,10+,11-,12+,15+/m0/s1. The molecule has 2 saturated heterocycles. The van der Waals surface area contributed by atoms with E-state index < -0.39 is 48.8 Å². The van der Waals surface area contributed by atoms with Crippen molar-refractivity contribution in [3.63, 3.8) is 0 Å². The van der Waals surface area contributed by atoms with Crippen molar-refractivity contribution in [3.05, 3.63) is 0 Å². The van der Waals surface area contributed by atoms with Crippen LogP contribution in [-0.2, 0) is 19.1 Å². The van der Waals surface area contributed by atoms with Crippen molar-refractivity contribution in [2.75, 3.05) is 18.2 Å². The number of hydrogen-bond donors (Lipinski definition) is 5. The van der Waals surface area contributed by atoms with Crippen molar-refractivity contribution in [3.8, 4) is 0 Å². The van der Waals surface area contributed by atoms with Crippen molar-refractivity contribution in [1.29, 1.82) is 0 Å². The third kappa shape index (κ3) is 5.06. The lowest BCUT2D eigenvalue weighted by molar-refractivity contribution is -0.278. The minimum atomic E-state index is -1.89. The Labute approximate surface area is 166 Å². The molecule has 0 spiro atoms. The number of amides is 2. The molecule has 2 fully saturated rings. The summed E-state index contributed by atoms with van der Waals surface area (Å²) in [7, 11) is 0. The third-order valence-corrected chi connectivity index (χ3v) is 5.82. The van der Waals surface area contributed by atoms with E-state index in [4.69, 9.17) is 14.6 Å². The van der Waals surface area contributed by atoms with Crippen LogP contribution in [0.5, 0.6) is 0 Å². The van der Waals surface area contributed by atoms with Crippen LogP contribution >= 0.6 is 11.8 Å². The van der Waals surface area contributed by atoms with Gasteiger partial charge >= 0.3 is 12.1 Å². The number of rotatable bonds is 6. The summed E-state index contributed by atoms with van der Waals surface area (Å²) in [5.74, 6) is -0.728. The lowest BCUT2D eigenvalue weighted by Crippen LogP contribution is -2.61. The molecule has 28 heavy (non-hydrogen) atoms. The zero-order valence-corrected chi connectivity index (χ0v) is 16.4. The van der Waals surface area contributed by atoms with E-state index in [9.17, 15) is 29.7 Å². The summed E-state index contributed by atoms with van der Waals surface area (Å²) in [6, 6.07) is -0.872. The van der Waals surface area contributed by atoms with Crippen molar-refractivity contribution in [2.24, 2.45) is 5.92 Å². The van der Waals surface area contributed by atoms with E-state index in [-0.39, 0.29) is 11.8 Å². The molecule has 2 rings (SSSR count). The first-order valence-corrected chi connectivity index (χ1v) is 10.1. The van der Waals surface area contributed by atoms with Crippen LogP contribution in [0.4, 0.5) is 4.79 Å². The molecule has 2 aliphatic heterocycles. The van der Waals surface area contributed by atoms with Gasteiger partial charge in [-0.2, -0.15) is 0 Å². The maximum absolute atomic E-state index is 12.7. The summed E-state index contributed by atoms with van der Waals surface area (Å²) in [5, 5.41) is 40.8. The molecule has 2 heterocycles. The van der Waals surface area contributed by atoms with Gasteiger partial charge in [-0.25, -0.2) is 9.59 Å². The molecule has 11 nitrogen and oxygen atoms in total. The maximum Gasteiger partial charge on any atom is 0.410 e. The molecule has 160 valence electrons. The number of carbonyl (C=O) groups is 3. The number of alkyl carbamates (subject to hydrolysis) is 1. The van der Waals surface area contributed by atoms with Crippen LogP contribution in [0.2, 0.25) is 0 Å². The Morgan fingerprint density at radius 1 is 1.25 bits per heavy atom. The summed E-state index contributed by atoms with van der Waals surface area (Å²) >= 11 is 1.60. The van der Waals surface area contributed by atoms with Gasteiger partial charge in [-0.1, -0.05) is 20.3 Å². The molecule has 0 aromatic rings. The topological polar surface area (TPSA) is 166 Å². The summed E-state index contributed by atoms with van der Waals surface area (Å²) in [4.78, 5) is 37.7. The summed E-state index contributed by atoms with van der Waals surface area (Å²) in [5.41, 5.74) is 0. The first kappa shape index (κ1) is 22.7. The summed E-state index contributed by atoms with van der Waals surface area (Å²) in [6.45, 7) is 4.22. The Morgan fingerprint density at radius 3 is 2.46 bits per heavy atom. The van der Waals surface area contributed by atoms with Crippen molar-refractivity contribution in [2.45, 2.75) is 57.0 Å². The lowest BCUT2D eigenvalue weighted by atomic mass is 9.98. The van der Waals surface area contributed by atoms with Crippen LogP contribution in [0.15, 0.2) is 0 Å². The van der Waals surface area contributed by atoms with Crippen molar-refractivity contribution >= 4 is 29.7 Å². The van der Waals surface area contributed by atoms with E-state index in [1.54, 1.807) is 23.6 Å². The van der Waals surface area contributed by atoms with Gasteiger partial charge in [0.1, 0.15) is 24.4 Å². The number of aliphatic hydroxyl groups is 3. The molecular weight excluding hydrogens is 396 g/mol. The fourth-order valence-corrected chi connectivity index (χ4v) is 3.84. The monoisotopic (exact) mass is 422 g/mol. The Balaban J connectivity index is 2.04. The van der Waals surface area contributed by atoms with E-state index >= 15 is 0 Å². The minimum absolute atomic E-state index is 0.206. The molecule has 0 aromatic carbocycles. The number of ether oxygens (including phenoxy) is 2. The van der Waals surface area contributed by atoms with Crippen LogP contribution in [-0.4, -0.2) is 98.2 Å². The van der Waals surface area contributed by atoms with Gasteiger partial charge in [-0.3, -0.25) is 4.79 Å². The van der Waals surface area contributed by atoms with Crippen LogP contribution < -0.4 is 5.32 Å². The Hall–Kier alpha value is -1.60. The van der Waals surface area contributed by atoms with Gasteiger partial charge < -0.3 is 40.1 Å². The number of nitrogens with zero attached hydrogens (tertiary/aromatic N) is 1. The SMILES string of the molecule is CC[C@H](C)[C@H](NC(=O)O[C@H]1O[C@@H](C(=O)O)[C@H](O)[C@@H](O)[C@@H]1O)C(=O)N1CCSC1. The van der Waals surface area contributed by atoms with E-state index in [2.05, 4.69) is 5.32 Å². The molecule has 7 atom stereocenters. The first-order chi connectivity index (χ1) is 13.2. The molecule has 0 aliphatic carbocycles. The minimum Gasteiger partial charge on any atom is -0.479 e. The van der Waals surface area contributed by atoms with Gasteiger partial charge in [0.2, 0.25) is 12.2 Å². The second kappa shape index (κ2) is 9.74. The highest BCUT2D eigenvalue weighted by molar-refractivity contribution is 7.99. The van der Waals surface area contributed by atoms with E-state index in [1.165, 1.54) is 0 Å². The highest BCUT2D eigenvalue weighted by Crippen LogP contribution is 2.23. The van der Waals surface area contributed by atoms with E-state index in [1.807, 2.05) is 6.92 Å². The summed E-state index contributed by atoms with van der Waals surface area (Å²) < 4.78 is 9.81. The largest absolute Gasteiger partial charge is 0.479 e. The van der Waals surface area contributed by atoms with Gasteiger partial charge in [-0.05, 0) is 5.92 Å². The van der Waals surface area contributed by atoms with Crippen molar-refractivity contribution < 1.29 is 44.3 Å². The molecule has 0 aromatic heterocycles. The Kier molecular flexibility index (Phi) is 7.89. The molecule has 0 unspecified atom stereocenters. The molecule has 0 saturated carbocycles. The van der Waals surface area contributed by atoms with E-state index in [0.717, 1.165) is 5.75 Å². The average molecular weight is 422 g/mol. The first-order valence-electron chi connectivity index (χ1n) is 8.93. The van der Waals surface area contributed by atoms with Crippen molar-refractivity contribution in [1.82, 2.24) is 10.2 Å². The van der Waals surface area contributed by atoms with Gasteiger partial charge in [-0.15, -0.1) is 11.8 Å². The third-order valence-electron chi connectivity index (χ3n) is 4.85. The average Bonchev–Trinajstić information content (AvgIpc) is 3.19. The van der Waals surface area contributed by atoms with Crippen LogP contribution in [0.1, 0.15) is 20.3 Å². The smallest absolute Gasteiger partial charge is 0.410 e. The fourth-order valence-electron chi connectivity index (χ4n) is 2.88. The molecule has 0 bridgehead atoms. The van der Waals surface area contributed by atoms with E-state index in [0.29, 0.717) is 18.8 Å². The Morgan fingerprint density at radius 2 is 1.93 bits per heavy atom. The van der Waals surface area contributed by atoms with Gasteiger partial charge in [0, 0.05) is 12.3 Å². The Bertz CT molecular complexity index is 586. The number of thioether (sulfide) groups is 1. The summed E-state index contributed by atoms with van der Waals surface area (Å²) in [6.07, 6.45) is -9.85.